The summed E-state index contributed by atoms with van der Waals surface area (Å²) in [5.74, 6) is 1.12. The largest absolute Gasteiger partial charge is 0.382 e. The molecule has 0 aliphatic rings. The fourth-order valence-electron chi connectivity index (χ4n) is 1.69. The fraction of sp³-hybridized carbons (Fsp3) is 0.200. The lowest BCUT2D eigenvalue weighted by atomic mass is 10.4. The van der Waals surface area contributed by atoms with E-state index in [1.54, 1.807) is 18.7 Å². The third kappa shape index (κ3) is 1.43. The summed E-state index contributed by atoms with van der Waals surface area (Å²) in [6, 6.07) is 0. The third-order valence-electron chi connectivity index (χ3n) is 2.55. The number of rotatable bonds is 2. The minimum atomic E-state index is 0.411. The first kappa shape index (κ1) is 9.76. The van der Waals surface area contributed by atoms with Crippen LogP contribution in [0.15, 0.2) is 18.7 Å². The van der Waals surface area contributed by atoms with Gasteiger partial charge in [-0.25, -0.2) is 15.0 Å². The zero-order valence-corrected chi connectivity index (χ0v) is 9.25. The first-order valence-corrected chi connectivity index (χ1v) is 5.28. The van der Waals surface area contributed by atoms with Gasteiger partial charge in [-0.3, -0.25) is 9.67 Å². The van der Waals surface area contributed by atoms with Crippen molar-refractivity contribution in [3.8, 4) is 5.69 Å². The van der Waals surface area contributed by atoms with Gasteiger partial charge in [0.2, 0.25) is 0 Å². The van der Waals surface area contributed by atoms with E-state index in [9.17, 15) is 0 Å². The number of aryl methyl sites for hydroxylation is 1. The van der Waals surface area contributed by atoms with E-state index in [4.69, 9.17) is 5.73 Å². The van der Waals surface area contributed by atoms with Gasteiger partial charge in [0.1, 0.15) is 12.2 Å². The molecule has 0 aromatic carbocycles. The minimum Gasteiger partial charge on any atom is -0.382 e. The maximum atomic E-state index is 5.85. The molecule has 0 fully saturated rings. The Morgan fingerprint density at radius 2 is 2.29 bits per heavy atom. The zero-order chi connectivity index (χ0) is 11.8. The Morgan fingerprint density at radius 1 is 1.41 bits per heavy atom. The van der Waals surface area contributed by atoms with Crippen LogP contribution in [0.5, 0.6) is 0 Å². The molecule has 3 aromatic rings. The lowest BCUT2D eigenvalue weighted by molar-refractivity contribution is 0.947. The molecule has 17 heavy (non-hydrogen) atoms. The summed E-state index contributed by atoms with van der Waals surface area (Å²) >= 11 is 0. The molecule has 0 atom stereocenters. The third-order valence-corrected chi connectivity index (χ3v) is 2.55. The molecular formula is C10H11N7. The average Bonchev–Trinajstić information content (AvgIpc) is 2.96. The molecule has 7 nitrogen and oxygen atoms in total. The normalized spacial score (nSPS) is 11.1. The number of anilines is 1. The van der Waals surface area contributed by atoms with E-state index >= 15 is 0 Å². The van der Waals surface area contributed by atoms with Gasteiger partial charge in [-0.1, -0.05) is 6.92 Å². The predicted octanol–water partition coefficient (Wildman–Crippen LogP) is 0.683. The molecule has 0 amide bonds. The molecule has 0 aliphatic heterocycles. The number of hydrogen-bond donors (Lipinski definition) is 2. The van der Waals surface area contributed by atoms with Crippen molar-refractivity contribution in [3.63, 3.8) is 0 Å². The van der Waals surface area contributed by atoms with E-state index in [1.165, 1.54) is 0 Å². The summed E-state index contributed by atoms with van der Waals surface area (Å²) in [7, 11) is 0. The van der Waals surface area contributed by atoms with E-state index < -0.39 is 0 Å². The highest BCUT2D eigenvalue weighted by atomic mass is 15.2. The summed E-state index contributed by atoms with van der Waals surface area (Å²) in [6.45, 7) is 1.99. The molecule has 0 unspecified atom stereocenters. The van der Waals surface area contributed by atoms with Crippen molar-refractivity contribution in [2.45, 2.75) is 13.3 Å². The number of aromatic nitrogens is 6. The van der Waals surface area contributed by atoms with Crippen molar-refractivity contribution in [1.29, 1.82) is 0 Å². The van der Waals surface area contributed by atoms with Crippen LogP contribution in [0.2, 0.25) is 0 Å². The Labute approximate surface area is 96.7 Å². The molecule has 0 radical (unpaired) electrons. The second kappa shape index (κ2) is 3.55. The molecule has 3 N–H and O–H groups in total. The van der Waals surface area contributed by atoms with Crippen molar-refractivity contribution in [2.24, 2.45) is 0 Å². The number of nitrogens with one attached hydrogen (secondary N) is 1. The zero-order valence-electron chi connectivity index (χ0n) is 9.25. The second-order valence-electron chi connectivity index (χ2n) is 3.62. The highest BCUT2D eigenvalue weighted by Gasteiger charge is 2.11. The number of hydrogen-bond acceptors (Lipinski definition) is 5. The van der Waals surface area contributed by atoms with Crippen LogP contribution in [0.4, 0.5) is 5.82 Å². The van der Waals surface area contributed by atoms with Crippen molar-refractivity contribution < 1.29 is 0 Å². The van der Waals surface area contributed by atoms with Gasteiger partial charge in [0.05, 0.1) is 11.9 Å². The Balaban J connectivity index is 2.31. The maximum absolute atomic E-state index is 5.85. The molecule has 0 aliphatic carbocycles. The SMILES string of the molecule is CCc1nc(N)c2ncn(-c3cn[nH]c3)c2n1. The number of aromatic amines is 1. The molecule has 3 rings (SSSR count). The van der Waals surface area contributed by atoms with Crippen molar-refractivity contribution in [3.05, 3.63) is 24.5 Å². The predicted molar refractivity (Wildman–Crippen MR) is 62.6 cm³/mol. The van der Waals surface area contributed by atoms with E-state index in [0.717, 1.165) is 12.1 Å². The second-order valence-corrected chi connectivity index (χ2v) is 3.62. The van der Waals surface area contributed by atoms with Gasteiger partial charge >= 0.3 is 0 Å². The van der Waals surface area contributed by atoms with E-state index in [2.05, 4.69) is 25.1 Å². The van der Waals surface area contributed by atoms with Crippen LogP contribution < -0.4 is 5.73 Å². The van der Waals surface area contributed by atoms with Gasteiger partial charge in [-0.2, -0.15) is 5.10 Å². The molecule has 3 aromatic heterocycles. The first-order chi connectivity index (χ1) is 8.29. The van der Waals surface area contributed by atoms with Crippen LogP contribution >= 0.6 is 0 Å². The Hall–Kier alpha value is -2.44. The summed E-state index contributed by atoms with van der Waals surface area (Å²) in [4.78, 5) is 12.8. The number of H-pyrrole nitrogens is 1. The number of nitrogens with two attached hydrogens (primary N) is 1. The van der Waals surface area contributed by atoms with Gasteiger partial charge in [0.25, 0.3) is 0 Å². The molecule has 3 heterocycles. The standard InChI is InChI=1S/C10H11N7/c1-2-7-15-9(11)8-10(16-7)17(5-12-8)6-3-13-14-4-6/h3-5H,2H2,1H3,(H,13,14)(H2,11,15,16). The van der Waals surface area contributed by atoms with Crippen LogP contribution in [0, 0.1) is 0 Å². The highest BCUT2D eigenvalue weighted by molar-refractivity contribution is 5.82. The quantitative estimate of drug-likeness (QED) is 0.673. The van der Waals surface area contributed by atoms with Gasteiger partial charge in [0, 0.05) is 12.6 Å². The number of imidazole rings is 1. The maximum Gasteiger partial charge on any atom is 0.170 e. The highest BCUT2D eigenvalue weighted by Crippen LogP contribution is 2.19. The Bertz CT molecular complexity index is 653. The van der Waals surface area contributed by atoms with Gasteiger partial charge in [-0.05, 0) is 0 Å². The van der Waals surface area contributed by atoms with Crippen LogP contribution in [0.3, 0.4) is 0 Å². The number of fused-ring (bicyclic) bond motifs is 1. The summed E-state index contributed by atoms with van der Waals surface area (Å²) in [6.07, 6.45) is 5.87. The van der Waals surface area contributed by atoms with Crippen molar-refractivity contribution in [2.75, 3.05) is 5.73 Å². The lowest BCUT2D eigenvalue weighted by Gasteiger charge is -2.02. The molecule has 86 valence electrons. The van der Waals surface area contributed by atoms with Crippen LogP contribution in [0.1, 0.15) is 12.7 Å². The van der Waals surface area contributed by atoms with Crippen LogP contribution in [0.25, 0.3) is 16.9 Å². The first-order valence-electron chi connectivity index (χ1n) is 5.28. The lowest BCUT2D eigenvalue weighted by Crippen LogP contribution is -2.01. The Morgan fingerprint density at radius 3 is 3.00 bits per heavy atom. The van der Waals surface area contributed by atoms with Crippen LogP contribution in [-0.4, -0.2) is 29.7 Å². The van der Waals surface area contributed by atoms with Gasteiger partial charge < -0.3 is 5.73 Å². The minimum absolute atomic E-state index is 0.411. The smallest absolute Gasteiger partial charge is 0.170 e. The summed E-state index contributed by atoms with van der Waals surface area (Å²) in [5, 5.41) is 6.65. The fourth-order valence-corrected chi connectivity index (χ4v) is 1.69. The number of nitrogen functional groups attached to an aromatic ring is 1. The Kier molecular flexibility index (Phi) is 2.04. The molecule has 0 spiro atoms. The van der Waals surface area contributed by atoms with Crippen molar-refractivity contribution in [1.82, 2.24) is 29.7 Å². The van der Waals surface area contributed by atoms with Gasteiger partial charge in [0.15, 0.2) is 17.0 Å². The molecule has 0 saturated heterocycles. The molecule has 0 bridgehead atoms. The monoisotopic (exact) mass is 229 g/mol. The van der Waals surface area contributed by atoms with Crippen LogP contribution in [-0.2, 0) is 6.42 Å². The van der Waals surface area contributed by atoms with Gasteiger partial charge in [-0.15, -0.1) is 0 Å². The van der Waals surface area contributed by atoms with E-state index in [-0.39, 0.29) is 0 Å². The van der Waals surface area contributed by atoms with E-state index in [0.29, 0.717) is 22.8 Å². The molecular weight excluding hydrogens is 218 g/mol. The van der Waals surface area contributed by atoms with Crippen molar-refractivity contribution >= 4 is 17.0 Å². The average molecular weight is 229 g/mol. The van der Waals surface area contributed by atoms with E-state index in [1.807, 2.05) is 11.5 Å². The topological polar surface area (TPSA) is 98.3 Å². The molecule has 7 heteroatoms. The number of nitrogens with zero attached hydrogens (tertiary/aromatic N) is 5. The summed E-state index contributed by atoms with van der Waals surface area (Å²) in [5.41, 5.74) is 8.04. The summed E-state index contributed by atoms with van der Waals surface area (Å²) < 4.78 is 1.83. The molecule has 0 saturated carbocycles.